The van der Waals surface area contributed by atoms with Gasteiger partial charge in [-0.15, -0.1) is 0 Å². The van der Waals surface area contributed by atoms with Crippen LogP contribution in [-0.2, 0) is 0 Å². The molecule has 7 heteroatoms. The molecule has 0 atom stereocenters. The molecule has 0 bridgehead atoms. The number of amides is 2. The van der Waals surface area contributed by atoms with Crippen LogP contribution in [0.15, 0.2) is 54.6 Å². The molecule has 31 heavy (non-hydrogen) atoms. The topological polar surface area (TPSA) is 66.4 Å². The van der Waals surface area contributed by atoms with Gasteiger partial charge in [-0.05, 0) is 63.1 Å². The van der Waals surface area contributed by atoms with Gasteiger partial charge in [-0.1, -0.05) is 29.8 Å². The van der Waals surface area contributed by atoms with E-state index >= 15 is 0 Å². The van der Waals surface area contributed by atoms with E-state index in [1.165, 1.54) is 4.57 Å². The van der Waals surface area contributed by atoms with Crippen LogP contribution in [0, 0.1) is 0 Å². The first kappa shape index (κ1) is 21.4. The molecule has 1 fully saturated rings. The Morgan fingerprint density at radius 2 is 1.71 bits per heavy atom. The molecule has 1 aliphatic rings. The van der Waals surface area contributed by atoms with Crippen molar-refractivity contribution in [2.45, 2.75) is 38.8 Å². The van der Waals surface area contributed by atoms with Crippen molar-refractivity contribution in [1.82, 2.24) is 14.8 Å². The SMILES string of the molecule is CC(C)N1CCC(NC(=O)c2cc3ccccc3n2C(=O)Nc2ccc(Cl)cc2)CC1. The van der Waals surface area contributed by atoms with Crippen LogP contribution in [0.1, 0.15) is 37.2 Å². The Labute approximate surface area is 187 Å². The number of carbonyl (C=O) groups excluding carboxylic acids is 2. The number of likely N-dealkylation sites (tertiary alicyclic amines) is 1. The highest BCUT2D eigenvalue weighted by Gasteiger charge is 2.25. The first-order chi connectivity index (χ1) is 14.9. The molecule has 1 aromatic heterocycles. The predicted octanol–water partition coefficient (Wildman–Crippen LogP) is 4.98. The van der Waals surface area contributed by atoms with Crippen LogP contribution in [0.4, 0.5) is 10.5 Å². The molecule has 0 aliphatic carbocycles. The minimum Gasteiger partial charge on any atom is -0.348 e. The average molecular weight is 439 g/mol. The number of benzene rings is 2. The van der Waals surface area contributed by atoms with E-state index < -0.39 is 0 Å². The van der Waals surface area contributed by atoms with E-state index in [1.54, 1.807) is 30.3 Å². The van der Waals surface area contributed by atoms with Gasteiger partial charge >= 0.3 is 6.03 Å². The predicted molar refractivity (Wildman–Crippen MR) is 125 cm³/mol. The number of fused-ring (bicyclic) bond motifs is 1. The van der Waals surface area contributed by atoms with E-state index in [-0.39, 0.29) is 18.0 Å². The highest BCUT2D eigenvalue weighted by atomic mass is 35.5. The van der Waals surface area contributed by atoms with Gasteiger partial charge in [-0.25, -0.2) is 4.79 Å². The van der Waals surface area contributed by atoms with Gasteiger partial charge < -0.3 is 15.5 Å². The van der Waals surface area contributed by atoms with Crippen molar-refractivity contribution in [3.63, 3.8) is 0 Å². The number of hydrogen-bond donors (Lipinski definition) is 2. The lowest BCUT2D eigenvalue weighted by atomic mass is 10.0. The summed E-state index contributed by atoms with van der Waals surface area (Å²) in [5, 5.41) is 7.43. The summed E-state index contributed by atoms with van der Waals surface area (Å²) in [6, 6.07) is 16.4. The van der Waals surface area contributed by atoms with Gasteiger partial charge in [0.15, 0.2) is 0 Å². The van der Waals surface area contributed by atoms with Crippen LogP contribution in [-0.4, -0.2) is 46.6 Å². The monoisotopic (exact) mass is 438 g/mol. The molecular formula is C24H27ClN4O2. The highest BCUT2D eigenvalue weighted by molar-refractivity contribution is 6.30. The maximum absolute atomic E-state index is 13.2. The van der Waals surface area contributed by atoms with Crippen LogP contribution in [0.25, 0.3) is 10.9 Å². The molecule has 2 amide bonds. The highest BCUT2D eigenvalue weighted by Crippen LogP contribution is 2.22. The summed E-state index contributed by atoms with van der Waals surface area (Å²) in [7, 11) is 0. The average Bonchev–Trinajstić information content (AvgIpc) is 3.16. The van der Waals surface area contributed by atoms with E-state index in [4.69, 9.17) is 11.6 Å². The molecule has 2 aromatic carbocycles. The lowest BCUT2D eigenvalue weighted by Crippen LogP contribution is -2.47. The molecule has 3 aromatic rings. The van der Waals surface area contributed by atoms with Crippen LogP contribution in [0.2, 0.25) is 5.02 Å². The van der Waals surface area contributed by atoms with Crippen LogP contribution in [0.5, 0.6) is 0 Å². The van der Waals surface area contributed by atoms with Crippen molar-refractivity contribution in [1.29, 1.82) is 0 Å². The van der Waals surface area contributed by atoms with Crippen LogP contribution >= 0.6 is 11.6 Å². The van der Waals surface area contributed by atoms with E-state index in [9.17, 15) is 9.59 Å². The Kier molecular flexibility index (Phi) is 6.30. The zero-order valence-corrected chi connectivity index (χ0v) is 18.5. The molecule has 1 saturated heterocycles. The smallest absolute Gasteiger partial charge is 0.331 e. The molecule has 1 aliphatic heterocycles. The van der Waals surface area contributed by atoms with Crippen molar-refractivity contribution < 1.29 is 9.59 Å². The molecular weight excluding hydrogens is 412 g/mol. The molecule has 0 radical (unpaired) electrons. The number of anilines is 1. The number of carbonyl (C=O) groups is 2. The molecule has 6 nitrogen and oxygen atoms in total. The lowest BCUT2D eigenvalue weighted by Gasteiger charge is -2.34. The molecule has 162 valence electrons. The van der Waals surface area contributed by atoms with Crippen LogP contribution in [0.3, 0.4) is 0 Å². The summed E-state index contributed by atoms with van der Waals surface area (Å²) < 4.78 is 1.45. The normalized spacial score (nSPS) is 15.4. The number of hydrogen-bond acceptors (Lipinski definition) is 3. The Hall–Kier alpha value is -2.83. The lowest BCUT2D eigenvalue weighted by molar-refractivity contribution is 0.0893. The van der Waals surface area contributed by atoms with Crippen molar-refractivity contribution in [3.8, 4) is 0 Å². The maximum Gasteiger partial charge on any atom is 0.331 e. The zero-order valence-electron chi connectivity index (χ0n) is 17.8. The van der Waals surface area contributed by atoms with Gasteiger partial charge in [-0.2, -0.15) is 0 Å². The number of halogens is 1. The van der Waals surface area contributed by atoms with Crippen LogP contribution < -0.4 is 10.6 Å². The number of para-hydroxylation sites is 1. The fraction of sp³-hybridized carbons (Fsp3) is 0.333. The number of piperidine rings is 1. The van der Waals surface area contributed by atoms with Gasteiger partial charge in [-0.3, -0.25) is 9.36 Å². The van der Waals surface area contributed by atoms with Gasteiger partial charge in [0.25, 0.3) is 5.91 Å². The number of rotatable bonds is 4. The van der Waals surface area contributed by atoms with Crippen molar-refractivity contribution >= 4 is 40.1 Å². The van der Waals surface area contributed by atoms with E-state index in [0.29, 0.717) is 28.0 Å². The second-order valence-electron chi connectivity index (χ2n) is 8.24. The van der Waals surface area contributed by atoms with E-state index in [0.717, 1.165) is 31.3 Å². The summed E-state index contributed by atoms with van der Waals surface area (Å²) in [6.07, 6.45) is 1.81. The summed E-state index contributed by atoms with van der Waals surface area (Å²) in [5.41, 5.74) is 1.63. The summed E-state index contributed by atoms with van der Waals surface area (Å²) in [6.45, 7) is 6.30. The minimum absolute atomic E-state index is 0.105. The molecule has 0 saturated carbocycles. The first-order valence-corrected chi connectivity index (χ1v) is 11.0. The minimum atomic E-state index is -0.386. The summed E-state index contributed by atoms with van der Waals surface area (Å²) in [4.78, 5) is 28.7. The van der Waals surface area contributed by atoms with E-state index in [2.05, 4.69) is 29.4 Å². The Balaban J connectivity index is 1.56. The molecule has 0 unspecified atom stereocenters. The van der Waals surface area contributed by atoms with Gasteiger partial charge in [0.2, 0.25) is 0 Å². The quantitative estimate of drug-likeness (QED) is 0.603. The first-order valence-electron chi connectivity index (χ1n) is 10.6. The third kappa shape index (κ3) is 4.75. The zero-order chi connectivity index (χ0) is 22.0. The fourth-order valence-electron chi connectivity index (χ4n) is 4.07. The maximum atomic E-state index is 13.2. The number of nitrogens with one attached hydrogen (secondary N) is 2. The van der Waals surface area contributed by atoms with Crippen molar-refractivity contribution in [3.05, 3.63) is 65.3 Å². The summed E-state index contributed by atoms with van der Waals surface area (Å²) >= 11 is 5.94. The molecule has 2 heterocycles. The van der Waals surface area contributed by atoms with Crippen molar-refractivity contribution in [2.24, 2.45) is 0 Å². The molecule has 2 N–H and O–H groups in total. The van der Waals surface area contributed by atoms with Gasteiger partial charge in [0.05, 0.1) is 5.52 Å². The third-order valence-electron chi connectivity index (χ3n) is 5.84. The Bertz CT molecular complexity index is 1080. The number of nitrogens with zero attached hydrogens (tertiary/aromatic N) is 2. The Morgan fingerprint density at radius 3 is 2.39 bits per heavy atom. The fourth-order valence-corrected chi connectivity index (χ4v) is 4.20. The molecule has 0 spiro atoms. The van der Waals surface area contributed by atoms with Gasteiger partial charge in [0, 0.05) is 41.3 Å². The largest absolute Gasteiger partial charge is 0.348 e. The third-order valence-corrected chi connectivity index (χ3v) is 6.09. The second kappa shape index (κ2) is 9.12. The standard InChI is InChI=1S/C24H27ClN4O2/c1-16(2)28-13-11-20(12-14-28)26-23(30)22-15-17-5-3-4-6-21(17)29(22)24(31)27-19-9-7-18(25)8-10-19/h3-10,15-16,20H,11-14H2,1-2H3,(H,26,30)(H,27,31). The second-order valence-corrected chi connectivity index (χ2v) is 8.67. The number of aromatic nitrogens is 1. The Morgan fingerprint density at radius 1 is 1.03 bits per heavy atom. The van der Waals surface area contributed by atoms with Gasteiger partial charge in [0.1, 0.15) is 5.69 Å². The molecule has 4 rings (SSSR count). The van der Waals surface area contributed by atoms with E-state index in [1.807, 2.05) is 24.3 Å². The summed E-state index contributed by atoms with van der Waals surface area (Å²) in [5.74, 6) is -0.231. The van der Waals surface area contributed by atoms with Crippen molar-refractivity contribution in [2.75, 3.05) is 18.4 Å².